The molecular weight excluding hydrogens is 284 g/mol. The van der Waals surface area contributed by atoms with Gasteiger partial charge in [0.1, 0.15) is 5.56 Å². The molecule has 0 radical (unpaired) electrons. The molecule has 1 spiro atoms. The molecule has 6 nitrogen and oxygen atoms in total. The fourth-order valence-corrected chi connectivity index (χ4v) is 3.27. The zero-order chi connectivity index (χ0) is 15.7. The minimum atomic E-state index is -0.630. The monoisotopic (exact) mass is 304 g/mol. The number of anilines is 1. The summed E-state index contributed by atoms with van der Waals surface area (Å²) in [7, 11) is 0. The summed E-state index contributed by atoms with van der Waals surface area (Å²) >= 11 is 0. The fraction of sp³-hybridized carbons (Fsp3) is 0.562. The maximum atomic E-state index is 12.0. The number of carbonyl (C=O) groups excluding carboxylic acids is 1. The quantitative estimate of drug-likeness (QED) is 0.485. The summed E-state index contributed by atoms with van der Waals surface area (Å²) in [6.07, 6.45) is 4.93. The van der Waals surface area contributed by atoms with Crippen molar-refractivity contribution < 1.29 is 14.5 Å². The van der Waals surface area contributed by atoms with Crippen molar-refractivity contribution in [3.63, 3.8) is 0 Å². The van der Waals surface area contributed by atoms with Crippen LogP contribution in [-0.4, -0.2) is 30.6 Å². The van der Waals surface area contributed by atoms with Crippen LogP contribution in [0.15, 0.2) is 18.2 Å². The molecule has 2 fully saturated rings. The van der Waals surface area contributed by atoms with E-state index in [1.54, 1.807) is 19.1 Å². The van der Waals surface area contributed by atoms with Gasteiger partial charge in [-0.15, -0.1) is 0 Å². The zero-order valence-electron chi connectivity index (χ0n) is 12.7. The van der Waals surface area contributed by atoms with Crippen LogP contribution in [0, 0.1) is 15.5 Å². The zero-order valence-corrected chi connectivity index (χ0v) is 12.7. The van der Waals surface area contributed by atoms with Gasteiger partial charge in [-0.05, 0) is 50.2 Å². The van der Waals surface area contributed by atoms with Crippen molar-refractivity contribution in [3.05, 3.63) is 33.9 Å². The molecular formula is C16H20N2O4. The molecule has 22 heavy (non-hydrogen) atoms. The van der Waals surface area contributed by atoms with E-state index in [1.807, 2.05) is 0 Å². The number of esters is 1. The molecule has 2 aliphatic rings. The lowest BCUT2D eigenvalue weighted by Crippen LogP contribution is -2.36. The van der Waals surface area contributed by atoms with Crippen molar-refractivity contribution in [2.75, 3.05) is 24.6 Å². The van der Waals surface area contributed by atoms with Gasteiger partial charge in [0.05, 0.1) is 11.5 Å². The molecule has 1 saturated heterocycles. The van der Waals surface area contributed by atoms with Gasteiger partial charge in [-0.1, -0.05) is 0 Å². The Morgan fingerprint density at radius 3 is 2.82 bits per heavy atom. The molecule has 3 rings (SSSR count). The number of nitro benzene ring substituents is 1. The van der Waals surface area contributed by atoms with Gasteiger partial charge >= 0.3 is 5.97 Å². The number of ether oxygens (including phenoxy) is 1. The molecule has 0 N–H and O–H groups in total. The molecule has 1 aliphatic heterocycles. The molecule has 0 amide bonds. The van der Waals surface area contributed by atoms with E-state index in [1.165, 1.54) is 25.3 Å². The lowest BCUT2D eigenvalue weighted by atomic mass is 9.94. The maximum Gasteiger partial charge on any atom is 0.345 e. The molecule has 1 saturated carbocycles. The first-order valence-electron chi connectivity index (χ1n) is 7.75. The van der Waals surface area contributed by atoms with Crippen LogP contribution in [0.5, 0.6) is 0 Å². The Morgan fingerprint density at radius 2 is 2.18 bits per heavy atom. The standard InChI is InChI=1S/C16H20N2O4/c1-2-22-15(19)13-10-12(4-5-14(13)18(20)21)17-9-3-6-16(11-17)7-8-16/h4-5,10H,2-3,6-9,11H2,1H3. The summed E-state index contributed by atoms with van der Waals surface area (Å²) in [6.45, 7) is 3.80. The third-order valence-corrected chi connectivity index (χ3v) is 4.66. The molecule has 1 aromatic carbocycles. The largest absolute Gasteiger partial charge is 0.462 e. The predicted molar refractivity (Wildman–Crippen MR) is 82.2 cm³/mol. The van der Waals surface area contributed by atoms with E-state index in [0.29, 0.717) is 5.41 Å². The normalized spacial score (nSPS) is 19.0. The van der Waals surface area contributed by atoms with Gasteiger partial charge < -0.3 is 9.64 Å². The van der Waals surface area contributed by atoms with Crippen LogP contribution >= 0.6 is 0 Å². The van der Waals surface area contributed by atoms with Crippen LogP contribution in [0.2, 0.25) is 0 Å². The SMILES string of the molecule is CCOC(=O)c1cc(N2CCCC3(CC3)C2)ccc1[N+](=O)[O-]. The lowest BCUT2D eigenvalue weighted by molar-refractivity contribution is -0.385. The Labute approximate surface area is 129 Å². The Bertz CT molecular complexity index is 610. The fourth-order valence-electron chi connectivity index (χ4n) is 3.27. The average Bonchev–Trinajstić information content (AvgIpc) is 3.25. The van der Waals surface area contributed by atoms with Crippen LogP contribution in [0.4, 0.5) is 11.4 Å². The number of rotatable bonds is 4. The molecule has 1 aromatic rings. The molecule has 0 unspecified atom stereocenters. The number of nitrogens with zero attached hydrogens (tertiary/aromatic N) is 2. The van der Waals surface area contributed by atoms with Gasteiger partial charge in [0.2, 0.25) is 0 Å². The molecule has 118 valence electrons. The van der Waals surface area contributed by atoms with E-state index in [2.05, 4.69) is 4.90 Å². The smallest absolute Gasteiger partial charge is 0.345 e. The van der Waals surface area contributed by atoms with Crippen molar-refractivity contribution in [2.45, 2.75) is 32.6 Å². The van der Waals surface area contributed by atoms with E-state index in [-0.39, 0.29) is 17.9 Å². The topological polar surface area (TPSA) is 72.7 Å². The van der Waals surface area contributed by atoms with Gasteiger partial charge in [-0.2, -0.15) is 0 Å². The number of piperidine rings is 1. The van der Waals surface area contributed by atoms with Crippen molar-refractivity contribution >= 4 is 17.3 Å². The van der Waals surface area contributed by atoms with Crippen LogP contribution in [0.1, 0.15) is 43.0 Å². The number of hydrogen-bond acceptors (Lipinski definition) is 5. The summed E-state index contributed by atoms with van der Waals surface area (Å²) in [5.74, 6) is -0.630. The van der Waals surface area contributed by atoms with Gasteiger partial charge in [0.25, 0.3) is 5.69 Å². The van der Waals surface area contributed by atoms with Crippen LogP contribution < -0.4 is 4.90 Å². The van der Waals surface area contributed by atoms with E-state index in [0.717, 1.165) is 25.2 Å². The van der Waals surface area contributed by atoms with E-state index >= 15 is 0 Å². The first-order valence-corrected chi connectivity index (χ1v) is 7.75. The molecule has 1 heterocycles. The predicted octanol–water partition coefficient (Wildman–Crippen LogP) is 3.15. The summed E-state index contributed by atoms with van der Waals surface area (Å²) in [4.78, 5) is 24.8. The number of hydrogen-bond donors (Lipinski definition) is 0. The Kier molecular flexibility index (Phi) is 3.76. The van der Waals surface area contributed by atoms with E-state index < -0.39 is 10.9 Å². The lowest BCUT2D eigenvalue weighted by Gasteiger charge is -2.34. The van der Waals surface area contributed by atoms with Crippen LogP contribution in [0.3, 0.4) is 0 Å². The van der Waals surface area contributed by atoms with E-state index in [4.69, 9.17) is 4.74 Å². The molecule has 0 atom stereocenters. The second kappa shape index (κ2) is 5.59. The van der Waals surface area contributed by atoms with Crippen molar-refractivity contribution in [3.8, 4) is 0 Å². The second-order valence-electron chi connectivity index (χ2n) is 6.20. The number of carbonyl (C=O) groups is 1. The van der Waals surface area contributed by atoms with Gasteiger partial charge in [0.15, 0.2) is 0 Å². The first-order chi connectivity index (χ1) is 10.5. The summed E-state index contributed by atoms with van der Waals surface area (Å²) in [5.41, 5.74) is 1.17. The summed E-state index contributed by atoms with van der Waals surface area (Å²) in [6, 6.07) is 4.76. The molecule has 0 aromatic heterocycles. The van der Waals surface area contributed by atoms with Crippen LogP contribution in [0.25, 0.3) is 0 Å². The Morgan fingerprint density at radius 1 is 1.41 bits per heavy atom. The highest BCUT2D eigenvalue weighted by Crippen LogP contribution is 2.52. The summed E-state index contributed by atoms with van der Waals surface area (Å²) in [5, 5.41) is 11.1. The third kappa shape index (κ3) is 2.77. The van der Waals surface area contributed by atoms with Gasteiger partial charge in [0, 0.05) is 24.8 Å². The van der Waals surface area contributed by atoms with Gasteiger partial charge in [-0.3, -0.25) is 10.1 Å². The Balaban J connectivity index is 1.90. The first kappa shape index (κ1) is 14.8. The molecule has 0 bridgehead atoms. The highest BCUT2D eigenvalue weighted by atomic mass is 16.6. The highest BCUT2D eigenvalue weighted by Gasteiger charge is 2.45. The minimum Gasteiger partial charge on any atom is -0.462 e. The van der Waals surface area contributed by atoms with Crippen molar-refractivity contribution in [1.82, 2.24) is 0 Å². The Hall–Kier alpha value is -2.11. The maximum absolute atomic E-state index is 12.0. The van der Waals surface area contributed by atoms with Crippen LogP contribution in [-0.2, 0) is 4.74 Å². The van der Waals surface area contributed by atoms with Crippen molar-refractivity contribution in [2.24, 2.45) is 5.41 Å². The summed E-state index contributed by atoms with van der Waals surface area (Å²) < 4.78 is 4.95. The number of nitro groups is 1. The molecule has 1 aliphatic carbocycles. The van der Waals surface area contributed by atoms with E-state index in [9.17, 15) is 14.9 Å². The van der Waals surface area contributed by atoms with Crippen molar-refractivity contribution in [1.29, 1.82) is 0 Å². The minimum absolute atomic E-state index is 0.0415. The number of benzene rings is 1. The molecule has 6 heteroatoms. The highest BCUT2D eigenvalue weighted by molar-refractivity contribution is 5.95. The second-order valence-corrected chi connectivity index (χ2v) is 6.20. The van der Waals surface area contributed by atoms with Gasteiger partial charge in [-0.25, -0.2) is 4.79 Å². The average molecular weight is 304 g/mol. The third-order valence-electron chi connectivity index (χ3n) is 4.66.